The topological polar surface area (TPSA) is 93.1 Å². The van der Waals surface area contributed by atoms with Crippen molar-refractivity contribution in [2.24, 2.45) is 29.1 Å². The summed E-state index contributed by atoms with van der Waals surface area (Å²) in [5, 5.41) is 20.1. The van der Waals surface area contributed by atoms with Gasteiger partial charge in [0.25, 0.3) is 0 Å². The Hall–Kier alpha value is -1.66. The molecule has 0 unspecified atom stereocenters. The predicted octanol–water partition coefficient (Wildman–Crippen LogP) is 3.56. The smallest absolute Gasteiger partial charge is 0.311 e. The molecule has 31 heavy (non-hydrogen) atoms. The van der Waals surface area contributed by atoms with Crippen molar-refractivity contribution in [1.29, 1.82) is 0 Å². The van der Waals surface area contributed by atoms with Gasteiger partial charge in [0.2, 0.25) is 0 Å². The van der Waals surface area contributed by atoms with Crippen LogP contribution in [-0.4, -0.2) is 47.6 Å². The molecule has 0 aromatic rings. The number of carbonyl (C=O) groups is 2. The van der Waals surface area contributed by atoms with Gasteiger partial charge in [-0.25, -0.2) is 0 Å². The molecule has 2 aliphatic carbocycles. The zero-order valence-corrected chi connectivity index (χ0v) is 19.3. The van der Waals surface area contributed by atoms with Gasteiger partial charge in [0.05, 0.1) is 31.2 Å². The molecule has 0 spiro atoms. The molecule has 0 bridgehead atoms. The standard InChI is InChI=1S/C25H38O6/c1-5-25(3,4)24(29)31-21-11-16(13-26)10-17-7-6-15(2)19(23(17)21)9-8-18-14-30-22(28)12-20(18)27/h7,10,15,18-21,23,26-27H,5-6,8-9,11-14H2,1-4H3/t15-,18+,19-,20+,21-,23-/m0/s1. The number of rotatable bonds is 7. The lowest BCUT2D eigenvalue weighted by atomic mass is 9.64. The second kappa shape index (κ2) is 9.86. The van der Waals surface area contributed by atoms with E-state index in [1.807, 2.05) is 20.8 Å². The molecule has 0 radical (unpaired) electrons. The SMILES string of the molecule is CCC(C)(C)C(=O)O[C@H]1CC(CO)=CC2=CC[C@H](C)[C@H](CC[C@@H]3COC(=O)C[C@H]3O)[C@H]21. The van der Waals surface area contributed by atoms with Crippen LogP contribution in [0.25, 0.3) is 0 Å². The first-order valence-electron chi connectivity index (χ1n) is 11.7. The lowest BCUT2D eigenvalue weighted by molar-refractivity contribution is -0.163. The van der Waals surface area contributed by atoms with Crippen molar-refractivity contribution in [1.82, 2.24) is 0 Å². The van der Waals surface area contributed by atoms with E-state index >= 15 is 0 Å². The van der Waals surface area contributed by atoms with E-state index in [4.69, 9.17) is 9.47 Å². The summed E-state index contributed by atoms with van der Waals surface area (Å²) in [7, 11) is 0. The fourth-order valence-electron chi connectivity index (χ4n) is 5.08. The summed E-state index contributed by atoms with van der Waals surface area (Å²) in [4.78, 5) is 24.3. The van der Waals surface area contributed by atoms with Crippen molar-refractivity contribution in [2.75, 3.05) is 13.2 Å². The summed E-state index contributed by atoms with van der Waals surface area (Å²) in [5.74, 6) is 0.223. The van der Waals surface area contributed by atoms with Gasteiger partial charge in [-0.05, 0) is 62.5 Å². The molecule has 0 aromatic heterocycles. The first kappa shape index (κ1) is 24.0. The van der Waals surface area contributed by atoms with Crippen molar-refractivity contribution >= 4 is 11.9 Å². The van der Waals surface area contributed by atoms with E-state index < -0.39 is 11.5 Å². The molecule has 174 valence electrons. The Morgan fingerprint density at radius 3 is 2.68 bits per heavy atom. The number of aliphatic hydroxyl groups is 2. The van der Waals surface area contributed by atoms with Gasteiger partial charge >= 0.3 is 11.9 Å². The summed E-state index contributed by atoms with van der Waals surface area (Å²) in [6.07, 6.45) is 7.26. The van der Waals surface area contributed by atoms with Crippen LogP contribution >= 0.6 is 0 Å². The van der Waals surface area contributed by atoms with Crippen LogP contribution in [0.15, 0.2) is 23.3 Å². The van der Waals surface area contributed by atoms with Crippen LogP contribution in [-0.2, 0) is 19.1 Å². The molecule has 1 aliphatic heterocycles. The first-order valence-corrected chi connectivity index (χ1v) is 11.7. The maximum absolute atomic E-state index is 12.9. The molecular formula is C25H38O6. The Kier molecular flexibility index (Phi) is 7.63. The summed E-state index contributed by atoms with van der Waals surface area (Å²) in [6, 6.07) is 0. The largest absolute Gasteiger partial charge is 0.465 e. The predicted molar refractivity (Wildman–Crippen MR) is 117 cm³/mol. The second-order valence-corrected chi connectivity index (χ2v) is 10.2. The maximum Gasteiger partial charge on any atom is 0.311 e. The van der Waals surface area contributed by atoms with E-state index in [-0.39, 0.29) is 49.5 Å². The van der Waals surface area contributed by atoms with Crippen molar-refractivity contribution in [3.63, 3.8) is 0 Å². The van der Waals surface area contributed by atoms with Gasteiger partial charge in [-0.15, -0.1) is 0 Å². The lowest BCUT2D eigenvalue weighted by Crippen LogP contribution is -2.43. The minimum absolute atomic E-state index is 0.0326. The molecule has 3 aliphatic rings. The summed E-state index contributed by atoms with van der Waals surface area (Å²) < 4.78 is 11.3. The van der Waals surface area contributed by atoms with E-state index in [9.17, 15) is 19.8 Å². The van der Waals surface area contributed by atoms with Gasteiger partial charge in [-0.2, -0.15) is 0 Å². The van der Waals surface area contributed by atoms with Crippen LogP contribution < -0.4 is 0 Å². The number of aliphatic hydroxyl groups excluding tert-OH is 2. The molecule has 2 N–H and O–H groups in total. The Labute approximate surface area is 185 Å². The number of carbonyl (C=O) groups excluding carboxylic acids is 2. The minimum Gasteiger partial charge on any atom is -0.465 e. The van der Waals surface area contributed by atoms with Crippen LogP contribution in [0.5, 0.6) is 0 Å². The summed E-state index contributed by atoms with van der Waals surface area (Å²) in [5.41, 5.74) is 1.51. The molecule has 6 nitrogen and oxygen atoms in total. The number of hydrogen-bond acceptors (Lipinski definition) is 6. The first-order chi connectivity index (χ1) is 14.7. The number of fused-ring (bicyclic) bond motifs is 1. The molecule has 3 rings (SSSR count). The highest BCUT2D eigenvalue weighted by molar-refractivity contribution is 5.76. The fourth-order valence-corrected chi connectivity index (χ4v) is 5.08. The molecule has 1 saturated heterocycles. The van der Waals surface area contributed by atoms with Crippen LogP contribution in [0.3, 0.4) is 0 Å². The van der Waals surface area contributed by atoms with Crippen molar-refractivity contribution < 1.29 is 29.3 Å². The average molecular weight is 435 g/mol. The quantitative estimate of drug-likeness (QED) is 0.595. The van der Waals surface area contributed by atoms with E-state index in [0.29, 0.717) is 24.7 Å². The lowest BCUT2D eigenvalue weighted by Gasteiger charge is -2.44. The molecule has 1 heterocycles. The number of esters is 2. The zero-order valence-electron chi connectivity index (χ0n) is 19.3. The zero-order chi connectivity index (χ0) is 22.8. The molecule has 0 aromatic carbocycles. The van der Waals surface area contributed by atoms with Gasteiger partial charge < -0.3 is 19.7 Å². The van der Waals surface area contributed by atoms with Crippen molar-refractivity contribution in [2.45, 2.75) is 78.4 Å². The molecular weight excluding hydrogens is 396 g/mol. The Morgan fingerprint density at radius 1 is 1.29 bits per heavy atom. The van der Waals surface area contributed by atoms with Gasteiger partial charge in [0.15, 0.2) is 0 Å². The highest BCUT2D eigenvalue weighted by Gasteiger charge is 2.43. The van der Waals surface area contributed by atoms with E-state index in [1.54, 1.807) is 0 Å². The third-order valence-corrected chi connectivity index (χ3v) is 7.68. The van der Waals surface area contributed by atoms with Crippen LogP contribution in [0, 0.1) is 29.1 Å². The van der Waals surface area contributed by atoms with Gasteiger partial charge in [0, 0.05) is 18.3 Å². The van der Waals surface area contributed by atoms with Gasteiger partial charge in [-0.3, -0.25) is 9.59 Å². The normalized spacial score (nSPS) is 33.7. The highest BCUT2D eigenvalue weighted by Crippen LogP contribution is 2.46. The van der Waals surface area contributed by atoms with E-state index in [0.717, 1.165) is 30.4 Å². The maximum atomic E-state index is 12.9. The monoisotopic (exact) mass is 434 g/mol. The molecule has 1 fully saturated rings. The minimum atomic E-state index is -0.651. The number of allylic oxidation sites excluding steroid dienone is 2. The van der Waals surface area contributed by atoms with Crippen LogP contribution in [0.1, 0.15) is 66.2 Å². The molecule has 0 saturated carbocycles. The summed E-state index contributed by atoms with van der Waals surface area (Å²) in [6.45, 7) is 8.27. The van der Waals surface area contributed by atoms with Gasteiger partial charge in [0.1, 0.15) is 6.10 Å². The van der Waals surface area contributed by atoms with Crippen LogP contribution in [0.4, 0.5) is 0 Å². The molecule has 6 heteroatoms. The Bertz CT molecular complexity index is 736. The van der Waals surface area contributed by atoms with E-state index in [2.05, 4.69) is 19.1 Å². The Balaban J connectivity index is 1.79. The third-order valence-electron chi connectivity index (χ3n) is 7.68. The number of hydrogen-bond donors (Lipinski definition) is 2. The van der Waals surface area contributed by atoms with Crippen molar-refractivity contribution in [3.05, 3.63) is 23.3 Å². The summed E-state index contributed by atoms with van der Waals surface area (Å²) >= 11 is 0. The highest BCUT2D eigenvalue weighted by atomic mass is 16.5. The van der Waals surface area contributed by atoms with Gasteiger partial charge in [-0.1, -0.05) is 26.0 Å². The average Bonchev–Trinajstić information content (AvgIpc) is 2.73. The number of cyclic esters (lactones) is 1. The van der Waals surface area contributed by atoms with Crippen LogP contribution in [0.2, 0.25) is 0 Å². The van der Waals surface area contributed by atoms with E-state index in [1.165, 1.54) is 0 Å². The molecule has 0 amide bonds. The Morgan fingerprint density at radius 2 is 2.03 bits per heavy atom. The molecule has 6 atom stereocenters. The third kappa shape index (κ3) is 5.40. The fraction of sp³-hybridized carbons (Fsp3) is 0.760. The second-order valence-electron chi connectivity index (χ2n) is 10.2. The van der Waals surface area contributed by atoms with Crippen molar-refractivity contribution in [3.8, 4) is 0 Å². The number of ether oxygens (including phenoxy) is 2.